The summed E-state index contributed by atoms with van der Waals surface area (Å²) in [7, 11) is 0. The lowest BCUT2D eigenvalue weighted by Gasteiger charge is -2.22. The summed E-state index contributed by atoms with van der Waals surface area (Å²) in [6, 6.07) is 46.5. The molecule has 42 heavy (non-hydrogen) atoms. The van der Waals surface area contributed by atoms with E-state index in [1.165, 1.54) is 65.7 Å². The molecule has 7 aromatic rings. The van der Waals surface area contributed by atoms with Crippen molar-refractivity contribution >= 4 is 38.0 Å². The molecule has 0 saturated heterocycles. The molecular weight excluding hydrogens is 510 g/mol. The molecule has 0 saturated carbocycles. The van der Waals surface area contributed by atoms with E-state index in [-0.39, 0.29) is 11.6 Å². The van der Waals surface area contributed by atoms with E-state index in [2.05, 4.69) is 140 Å². The predicted octanol–water partition coefficient (Wildman–Crippen LogP) is 10.6. The summed E-state index contributed by atoms with van der Waals surface area (Å²) in [5.74, 6) is 0.934. The number of benzene rings is 7. The van der Waals surface area contributed by atoms with Crippen LogP contribution in [0.3, 0.4) is 0 Å². The number of anilines is 1. The quantitative estimate of drug-likeness (QED) is 0.221. The highest BCUT2D eigenvalue weighted by molar-refractivity contribution is 6.13. The molecule has 0 amide bonds. The minimum absolute atomic E-state index is 0.0576. The lowest BCUT2D eigenvalue weighted by atomic mass is 9.81. The van der Waals surface area contributed by atoms with Gasteiger partial charge >= 0.3 is 0 Å². The molecule has 1 N–H and O–H groups in total. The molecule has 1 aliphatic carbocycles. The zero-order valence-electron chi connectivity index (χ0n) is 23.6. The van der Waals surface area contributed by atoms with Gasteiger partial charge in [-0.05, 0) is 90.6 Å². The minimum Gasteiger partial charge on any atom is -0.464 e. The van der Waals surface area contributed by atoms with Crippen LogP contribution in [0, 0.1) is 0 Å². The van der Waals surface area contributed by atoms with Crippen molar-refractivity contribution in [2.45, 2.75) is 25.5 Å². The first-order valence-corrected chi connectivity index (χ1v) is 14.7. The Hall–Kier alpha value is -5.08. The first-order chi connectivity index (χ1) is 20.5. The third kappa shape index (κ3) is 3.33. The maximum Gasteiger partial charge on any atom is 0.196 e. The normalized spacial score (nSPS) is 16.2. The molecule has 7 aromatic carbocycles. The fourth-order valence-corrected chi connectivity index (χ4v) is 7.21. The second-order valence-corrected chi connectivity index (χ2v) is 12.2. The second-order valence-electron chi connectivity index (χ2n) is 12.2. The molecule has 1 aliphatic heterocycles. The molecule has 1 atom stereocenters. The smallest absolute Gasteiger partial charge is 0.196 e. The lowest BCUT2D eigenvalue weighted by molar-refractivity contribution is 0.263. The van der Waals surface area contributed by atoms with E-state index < -0.39 is 0 Å². The van der Waals surface area contributed by atoms with Crippen LogP contribution < -0.4 is 10.1 Å². The number of nitrogens with one attached hydrogen (secondary N) is 1. The van der Waals surface area contributed by atoms with Crippen LogP contribution in [0.25, 0.3) is 54.6 Å². The Kier molecular flexibility index (Phi) is 4.76. The Morgan fingerprint density at radius 2 is 1.26 bits per heavy atom. The van der Waals surface area contributed by atoms with Crippen molar-refractivity contribution in [1.82, 2.24) is 0 Å². The van der Waals surface area contributed by atoms with E-state index in [4.69, 9.17) is 4.74 Å². The third-order valence-electron chi connectivity index (χ3n) is 9.45. The topological polar surface area (TPSA) is 21.3 Å². The van der Waals surface area contributed by atoms with Crippen LogP contribution in [-0.4, -0.2) is 0 Å². The monoisotopic (exact) mass is 539 g/mol. The Balaban J connectivity index is 1.14. The average Bonchev–Trinajstić information content (AvgIpc) is 3.57. The molecule has 2 heteroatoms. The summed E-state index contributed by atoms with van der Waals surface area (Å²) in [6.07, 6.45) is -0.183. The maximum absolute atomic E-state index is 6.55. The number of ether oxygens (including phenoxy) is 1. The van der Waals surface area contributed by atoms with E-state index in [0.717, 1.165) is 17.0 Å². The van der Waals surface area contributed by atoms with E-state index in [1.54, 1.807) is 0 Å². The van der Waals surface area contributed by atoms with E-state index >= 15 is 0 Å². The summed E-state index contributed by atoms with van der Waals surface area (Å²) in [5.41, 5.74) is 10.1. The number of hydrogen-bond acceptors (Lipinski definition) is 2. The van der Waals surface area contributed by atoms with Gasteiger partial charge in [0.2, 0.25) is 0 Å². The van der Waals surface area contributed by atoms with Crippen molar-refractivity contribution in [2.75, 3.05) is 5.32 Å². The second kappa shape index (κ2) is 8.47. The molecule has 200 valence electrons. The molecule has 0 bridgehead atoms. The molecular formula is C40H29NO. The van der Waals surface area contributed by atoms with Gasteiger partial charge in [-0.15, -0.1) is 0 Å². The van der Waals surface area contributed by atoms with Gasteiger partial charge in [-0.3, -0.25) is 0 Å². The van der Waals surface area contributed by atoms with Gasteiger partial charge < -0.3 is 10.1 Å². The molecule has 0 fully saturated rings. The van der Waals surface area contributed by atoms with Crippen molar-refractivity contribution in [2.24, 2.45) is 0 Å². The highest BCUT2D eigenvalue weighted by Crippen LogP contribution is 2.51. The van der Waals surface area contributed by atoms with Crippen LogP contribution in [0.2, 0.25) is 0 Å². The summed E-state index contributed by atoms with van der Waals surface area (Å²) in [5, 5.41) is 11.0. The molecule has 9 rings (SSSR count). The van der Waals surface area contributed by atoms with Gasteiger partial charge in [-0.2, -0.15) is 0 Å². The minimum atomic E-state index is -0.183. The predicted molar refractivity (Wildman–Crippen MR) is 175 cm³/mol. The first kappa shape index (κ1) is 23.6. The summed E-state index contributed by atoms with van der Waals surface area (Å²) >= 11 is 0. The van der Waals surface area contributed by atoms with Gasteiger partial charge in [-0.25, -0.2) is 0 Å². The van der Waals surface area contributed by atoms with E-state index in [1.807, 2.05) is 6.07 Å². The summed E-state index contributed by atoms with van der Waals surface area (Å²) in [6.45, 7) is 4.72. The number of rotatable bonds is 2. The molecule has 2 aliphatic rings. The van der Waals surface area contributed by atoms with Gasteiger partial charge in [0.05, 0.1) is 5.69 Å². The fraction of sp³-hybridized carbons (Fsp3) is 0.100. The molecule has 1 heterocycles. The van der Waals surface area contributed by atoms with Crippen LogP contribution in [0.4, 0.5) is 5.69 Å². The molecule has 0 radical (unpaired) electrons. The Morgan fingerprint density at radius 3 is 2.12 bits per heavy atom. The van der Waals surface area contributed by atoms with Gasteiger partial charge in [0.15, 0.2) is 12.0 Å². The van der Waals surface area contributed by atoms with Gasteiger partial charge in [0.1, 0.15) is 0 Å². The van der Waals surface area contributed by atoms with Crippen molar-refractivity contribution in [3.05, 3.63) is 144 Å². The highest BCUT2D eigenvalue weighted by atomic mass is 16.5. The molecule has 0 spiro atoms. The van der Waals surface area contributed by atoms with Crippen molar-refractivity contribution in [1.29, 1.82) is 0 Å². The Morgan fingerprint density at radius 1 is 0.571 bits per heavy atom. The van der Waals surface area contributed by atoms with Crippen molar-refractivity contribution in [3.8, 4) is 28.0 Å². The Bertz CT molecular complexity index is 2230. The first-order valence-electron chi connectivity index (χ1n) is 14.7. The van der Waals surface area contributed by atoms with Gasteiger partial charge in [0, 0.05) is 16.4 Å². The van der Waals surface area contributed by atoms with Crippen molar-refractivity contribution < 1.29 is 4.74 Å². The number of hydrogen-bond donors (Lipinski definition) is 1. The SMILES string of the molecule is CC1(C)c2cc(-c3ccc4c(ccc5ccc6c(c54)OC(c4ccccc4)N6)c3)ccc2-c2cc3ccccc3cc21. The van der Waals surface area contributed by atoms with Gasteiger partial charge in [0.25, 0.3) is 0 Å². The molecule has 2 nitrogen and oxygen atoms in total. The molecule has 1 unspecified atom stereocenters. The highest BCUT2D eigenvalue weighted by Gasteiger charge is 2.36. The number of fused-ring (bicyclic) bond motifs is 9. The largest absolute Gasteiger partial charge is 0.464 e. The average molecular weight is 540 g/mol. The summed E-state index contributed by atoms with van der Waals surface area (Å²) < 4.78 is 6.55. The third-order valence-corrected chi connectivity index (χ3v) is 9.45. The van der Waals surface area contributed by atoms with E-state index in [0.29, 0.717) is 0 Å². The maximum atomic E-state index is 6.55. The van der Waals surface area contributed by atoms with Crippen LogP contribution in [-0.2, 0) is 5.41 Å². The van der Waals surface area contributed by atoms with E-state index in [9.17, 15) is 0 Å². The van der Waals surface area contributed by atoms with Crippen LogP contribution >= 0.6 is 0 Å². The van der Waals surface area contributed by atoms with Crippen LogP contribution in [0.5, 0.6) is 5.75 Å². The zero-order valence-corrected chi connectivity index (χ0v) is 23.6. The van der Waals surface area contributed by atoms with Gasteiger partial charge in [-0.1, -0.05) is 111 Å². The standard InChI is InChI=1S/C40H29NO/c1-40(2)34-23-29(15-18-32(34)33-21-26-10-6-7-11-27(26)22-35(33)40)28-14-17-31-30(20-28)13-12-24-16-19-36-38(37(24)31)42-39(41-36)25-8-4-3-5-9-25/h3-23,39,41H,1-2H3. The fourth-order valence-electron chi connectivity index (χ4n) is 7.21. The lowest BCUT2D eigenvalue weighted by Crippen LogP contribution is -2.15. The van der Waals surface area contributed by atoms with Crippen LogP contribution in [0.15, 0.2) is 127 Å². The zero-order chi connectivity index (χ0) is 28.0. The summed E-state index contributed by atoms with van der Waals surface area (Å²) in [4.78, 5) is 0. The van der Waals surface area contributed by atoms with Crippen LogP contribution in [0.1, 0.15) is 36.8 Å². The van der Waals surface area contributed by atoms with Crippen molar-refractivity contribution in [3.63, 3.8) is 0 Å². The molecule has 0 aromatic heterocycles. The Labute approximate surface area is 245 Å².